The molecule has 0 bridgehead atoms. The van der Waals surface area contributed by atoms with Crippen molar-refractivity contribution in [3.8, 4) is 0 Å². The highest BCUT2D eigenvalue weighted by Crippen LogP contribution is 2.22. The number of amides is 2. The SMILES string of the molecule is CC(=O)NCCC(=O)Nc1cccc(Cl)c1C. The number of rotatable bonds is 4. The Labute approximate surface area is 105 Å². The molecule has 0 spiro atoms. The second-order valence-corrected chi connectivity index (χ2v) is 4.10. The third-order valence-electron chi connectivity index (χ3n) is 2.27. The Bertz CT molecular complexity index is 433. The van der Waals surface area contributed by atoms with E-state index in [0.717, 1.165) is 5.56 Å². The fourth-order valence-electron chi connectivity index (χ4n) is 1.31. The molecule has 0 heterocycles. The first kappa shape index (κ1) is 13.5. The lowest BCUT2D eigenvalue weighted by molar-refractivity contribution is -0.119. The molecule has 2 amide bonds. The Balaban J connectivity index is 2.51. The van der Waals surface area contributed by atoms with Gasteiger partial charge in [-0.1, -0.05) is 17.7 Å². The summed E-state index contributed by atoms with van der Waals surface area (Å²) < 4.78 is 0. The molecule has 0 atom stereocenters. The fourth-order valence-corrected chi connectivity index (χ4v) is 1.48. The normalized spacial score (nSPS) is 9.82. The summed E-state index contributed by atoms with van der Waals surface area (Å²) >= 11 is 5.93. The zero-order valence-corrected chi connectivity index (χ0v) is 10.6. The van der Waals surface area contributed by atoms with E-state index in [2.05, 4.69) is 10.6 Å². The van der Waals surface area contributed by atoms with Gasteiger partial charge in [-0.3, -0.25) is 9.59 Å². The molecule has 4 nitrogen and oxygen atoms in total. The van der Waals surface area contributed by atoms with Gasteiger partial charge in [-0.05, 0) is 24.6 Å². The molecular formula is C12H15ClN2O2. The number of hydrogen-bond acceptors (Lipinski definition) is 2. The summed E-state index contributed by atoms with van der Waals surface area (Å²) in [5.41, 5.74) is 1.53. The molecule has 0 saturated carbocycles. The third-order valence-corrected chi connectivity index (χ3v) is 2.68. The molecule has 0 unspecified atom stereocenters. The van der Waals surface area contributed by atoms with Gasteiger partial charge in [0.1, 0.15) is 0 Å². The van der Waals surface area contributed by atoms with Gasteiger partial charge in [0.25, 0.3) is 0 Å². The van der Waals surface area contributed by atoms with Crippen LogP contribution in [0, 0.1) is 6.92 Å². The second kappa shape index (κ2) is 6.25. The molecule has 0 aliphatic heterocycles. The van der Waals surface area contributed by atoms with E-state index in [9.17, 15) is 9.59 Å². The lowest BCUT2D eigenvalue weighted by Gasteiger charge is -2.09. The topological polar surface area (TPSA) is 58.2 Å². The molecule has 0 aliphatic carbocycles. The zero-order chi connectivity index (χ0) is 12.8. The number of carbonyl (C=O) groups excluding carboxylic acids is 2. The molecule has 0 saturated heterocycles. The van der Waals surface area contributed by atoms with Crippen molar-refractivity contribution in [1.29, 1.82) is 0 Å². The minimum Gasteiger partial charge on any atom is -0.356 e. The molecule has 0 radical (unpaired) electrons. The largest absolute Gasteiger partial charge is 0.356 e. The van der Waals surface area contributed by atoms with Gasteiger partial charge in [0.15, 0.2) is 0 Å². The molecule has 1 aromatic rings. The Hall–Kier alpha value is -1.55. The summed E-state index contributed by atoms with van der Waals surface area (Å²) in [7, 11) is 0. The van der Waals surface area contributed by atoms with E-state index in [1.165, 1.54) is 6.92 Å². The first-order chi connectivity index (χ1) is 8.00. The Morgan fingerprint density at radius 2 is 2.06 bits per heavy atom. The minimum atomic E-state index is -0.149. The maximum Gasteiger partial charge on any atom is 0.226 e. The van der Waals surface area contributed by atoms with Gasteiger partial charge >= 0.3 is 0 Å². The third kappa shape index (κ3) is 4.44. The molecule has 0 aliphatic rings. The van der Waals surface area contributed by atoms with Gasteiger partial charge < -0.3 is 10.6 Å². The summed E-state index contributed by atoms with van der Waals surface area (Å²) in [6.07, 6.45) is 0.242. The van der Waals surface area contributed by atoms with Gasteiger partial charge in [0, 0.05) is 30.6 Å². The number of benzene rings is 1. The van der Waals surface area contributed by atoms with Crippen LogP contribution in [0.4, 0.5) is 5.69 Å². The summed E-state index contributed by atoms with van der Waals surface area (Å²) in [6.45, 7) is 3.59. The predicted octanol–water partition coefficient (Wildman–Crippen LogP) is 2.11. The molecule has 5 heteroatoms. The molecular weight excluding hydrogens is 240 g/mol. The van der Waals surface area contributed by atoms with Crippen LogP contribution in [0.25, 0.3) is 0 Å². The van der Waals surface area contributed by atoms with Crippen LogP contribution in [0.2, 0.25) is 5.02 Å². The van der Waals surface area contributed by atoms with E-state index in [0.29, 0.717) is 17.3 Å². The van der Waals surface area contributed by atoms with Gasteiger partial charge in [0.05, 0.1) is 0 Å². The number of anilines is 1. The maximum atomic E-state index is 11.6. The quantitative estimate of drug-likeness (QED) is 0.865. The number of hydrogen-bond donors (Lipinski definition) is 2. The standard InChI is InChI=1S/C12H15ClN2O2/c1-8-10(13)4-3-5-11(8)15-12(17)6-7-14-9(2)16/h3-5H,6-7H2,1-2H3,(H,14,16)(H,15,17). The average molecular weight is 255 g/mol. The molecule has 92 valence electrons. The van der Waals surface area contributed by atoms with Crippen molar-refractivity contribution >= 4 is 29.1 Å². The molecule has 0 fully saturated rings. The van der Waals surface area contributed by atoms with Crippen LogP contribution in [0.5, 0.6) is 0 Å². The number of carbonyl (C=O) groups is 2. The van der Waals surface area contributed by atoms with Crippen molar-refractivity contribution in [2.75, 3.05) is 11.9 Å². The van der Waals surface area contributed by atoms with Crippen molar-refractivity contribution in [3.63, 3.8) is 0 Å². The maximum absolute atomic E-state index is 11.6. The lowest BCUT2D eigenvalue weighted by Crippen LogP contribution is -2.25. The highest BCUT2D eigenvalue weighted by atomic mass is 35.5. The van der Waals surface area contributed by atoms with E-state index in [4.69, 9.17) is 11.6 Å². The van der Waals surface area contributed by atoms with Crippen LogP contribution in [-0.2, 0) is 9.59 Å². The van der Waals surface area contributed by atoms with Crippen molar-refractivity contribution in [1.82, 2.24) is 5.32 Å². The Morgan fingerprint density at radius 3 is 2.71 bits per heavy atom. The van der Waals surface area contributed by atoms with E-state index < -0.39 is 0 Å². The van der Waals surface area contributed by atoms with Crippen LogP contribution in [-0.4, -0.2) is 18.4 Å². The minimum absolute atomic E-state index is 0.142. The first-order valence-electron chi connectivity index (χ1n) is 5.30. The summed E-state index contributed by atoms with van der Waals surface area (Å²) in [5.74, 6) is -0.291. The second-order valence-electron chi connectivity index (χ2n) is 3.69. The molecule has 0 aromatic heterocycles. The van der Waals surface area contributed by atoms with Crippen LogP contribution < -0.4 is 10.6 Å². The van der Waals surface area contributed by atoms with E-state index in [-0.39, 0.29) is 18.2 Å². The van der Waals surface area contributed by atoms with Gasteiger partial charge in [-0.25, -0.2) is 0 Å². The Morgan fingerprint density at radius 1 is 1.35 bits per heavy atom. The summed E-state index contributed by atoms with van der Waals surface area (Å²) in [4.78, 5) is 22.2. The van der Waals surface area contributed by atoms with Crippen molar-refractivity contribution < 1.29 is 9.59 Å². The Kier molecular flexibility index (Phi) is 4.97. The average Bonchev–Trinajstić information content (AvgIpc) is 2.24. The van der Waals surface area contributed by atoms with E-state index in [1.54, 1.807) is 18.2 Å². The monoisotopic (exact) mass is 254 g/mol. The molecule has 17 heavy (non-hydrogen) atoms. The van der Waals surface area contributed by atoms with Crippen LogP contribution in [0.1, 0.15) is 18.9 Å². The molecule has 2 N–H and O–H groups in total. The first-order valence-corrected chi connectivity index (χ1v) is 5.68. The zero-order valence-electron chi connectivity index (χ0n) is 9.84. The lowest BCUT2D eigenvalue weighted by atomic mass is 10.2. The fraction of sp³-hybridized carbons (Fsp3) is 0.333. The van der Waals surface area contributed by atoms with E-state index in [1.807, 2.05) is 6.92 Å². The highest BCUT2D eigenvalue weighted by Gasteiger charge is 2.06. The van der Waals surface area contributed by atoms with Crippen molar-refractivity contribution in [2.45, 2.75) is 20.3 Å². The summed E-state index contributed by atoms with van der Waals surface area (Å²) in [5, 5.41) is 5.93. The predicted molar refractivity (Wildman–Crippen MR) is 68.1 cm³/mol. The van der Waals surface area contributed by atoms with Gasteiger partial charge in [-0.15, -0.1) is 0 Å². The van der Waals surface area contributed by atoms with E-state index >= 15 is 0 Å². The summed E-state index contributed by atoms with van der Waals surface area (Å²) in [6, 6.07) is 5.33. The van der Waals surface area contributed by atoms with Crippen LogP contribution in [0.15, 0.2) is 18.2 Å². The molecule has 1 rings (SSSR count). The van der Waals surface area contributed by atoms with Crippen molar-refractivity contribution in [3.05, 3.63) is 28.8 Å². The van der Waals surface area contributed by atoms with Crippen LogP contribution in [0.3, 0.4) is 0 Å². The number of nitrogens with one attached hydrogen (secondary N) is 2. The number of halogens is 1. The van der Waals surface area contributed by atoms with Gasteiger partial charge in [-0.2, -0.15) is 0 Å². The van der Waals surface area contributed by atoms with Crippen LogP contribution >= 0.6 is 11.6 Å². The van der Waals surface area contributed by atoms with Crippen molar-refractivity contribution in [2.24, 2.45) is 0 Å². The highest BCUT2D eigenvalue weighted by molar-refractivity contribution is 6.31. The van der Waals surface area contributed by atoms with Gasteiger partial charge in [0.2, 0.25) is 11.8 Å². The molecule has 1 aromatic carbocycles. The smallest absolute Gasteiger partial charge is 0.226 e.